The number of rotatable bonds is 3. The Balaban J connectivity index is 2.52. The normalized spacial score (nSPS) is 11.2. The van der Waals surface area contributed by atoms with Gasteiger partial charge in [0.1, 0.15) is 5.75 Å². The zero-order chi connectivity index (χ0) is 16.7. The number of aryl methyl sites for hydroxylation is 3. The van der Waals surface area contributed by atoms with Crippen molar-refractivity contribution in [3.8, 4) is 5.75 Å². The fourth-order valence-corrected chi connectivity index (χ4v) is 2.94. The van der Waals surface area contributed by atoms with Gasteiger partial charge in [-0.15, -0.1) is 0 Å². The summed E-state index contributed by atoms with van der Waals surface area (Å²) in [4.78, 5) is 20.4. The van der Waals surface area contributed by atoms with Gasteiger partial charge in [0, 0.05) is 22.2 Å². The molecule has 2 heterocycles. The molecule has 0 atom stereocenters. The summed E-state index contributed by atoms with van der Waals surface area (Å²) in [5.41, 5.74) is 4.98. The molecule has 0 bridgehead atoms. The molecule has 1 N–H and O–H groups in total. The zero-order valence-electron chi connectivity index (χ0n) is 14.0. The third-order valence-corrected chi connectivity index (χ3v) is 4.16. The molecule has 0 saturated carbocycles. The van der Waals surface area contributed by atoms with Crippen molar-refractivity contribution in [1.82, 2.24) is 9.97 Å². The highest BCUT2D eigenvalue weighted by Crippen LogP contribution is 2.36. The van der Waals surface area contributed by atoms with Crippen LogP contribution in [-0.2, 0) is 4.74 Å². The number of hydrogen-bond donors (Lipinski definition) is 1. The molecule has 0 aliphatic carbocycles. The standard InChI is InChI=1S/C18H20N2O3/c1-6-23-18(21)13-7-9(2)19-17-14(22-5)8-12-10(3)11(4)20-16(12)15(13)17/h7-8,19H,6H2,1-5H3. The number of methoxy groups -OCH3 is 1. The Kier molecular flexibility index (Phi) is 3.72. The number of carbonyl (C=O) groups is 1. The number of fused-ring (bicyclic) bond motifs is 3. The second kappa shape index (κ2) is 5.57. The minimum Gasteiger partial charge on any atom is -0.495 e. The molecule has 0 saturated heterocycles. The number of aromatic nitrogens is 2. The van der Waals surface area contributed by atoms with Gasteiger partial charge in [-0.3, -0.25) is 4.98 Å². The maximum Gasteiger partial charge on any atom is 0.338 e. The van der Waals surface area contributed by atoms with Crippen molar-refractivity contribution in [2.75, 3.05) is 13.7 Å². The molecule has 0 unspecified atom stereocenters. The highest BCUT2D eigenvalue weighted by atomic mass is 16.5. The molecule has 5 heteroatoms. The van der Waals surface area contributed by atoms with E-state index in [1.807, 2.05) is 26.8 Å². The molecule has 3 aromatic rings. The largest absolute Gasteiger partial charge is 0.495 e. The second-order valence-corrected chi connectivity index (χ2v) is 5.63. The summed E-state index contributed by atoms with van der Waals surface area (Å²) in [5, 5.41) is 1.74. The lowest BCUT2D eigenvalue weighted by molar-refractivity contribution is 0.0528. The Morgan fingerprint density at radius 1 is 1.26 bits per heavy atom. The van der Waals surface area contributed by atoms with Crippen LogP contribution < -0.4 is 4.74 Å². The van der Waals surface area contributed by atoms with Crippen LogP contribution in [0.25, 0.3) is 21.8 Å². The first-order valence-corrected chi connectivity index (χ1v) is 7.62. The van der Waals surface area contributed by atoms with E-state index in [4.69, 9.17) is 9.47 Å². The van der Waals surface area contributed by atoms with Crippen molar-refractivity contribution in [3.63, 3.8) is 0 Å². The van der Waals surface area contributed by atoms with Gasteiger partial charge < -0.3 is 14.5 Å². The van der Waals surface area contributed by atoms with E-state index in [2.05, 4.69) is 9.97 Å². The van der Waals surface area contributed by atoms with Crippen LogP contribution in [0.1, 0.15) is 34.2 Å². The molecular weight excluding hydrogens is 292 g/mol. The second-order valence-electron chi connectivity index (χ2n) is 5.63. The Hall–Kier alpha value is -2.56. The van der Waals surface area contributed by atoms with Crippen LogP contribution in [0.5, 0.6) is 5.75 Å². The van der Waals surface area contributed by atoms with Crippen molar-refractivity contribution in [2.24, 2.45) is 0 Å². The Labute approximate surface area is 134 Å². The zero-order valence-corrected chi connectivity index (χ0v) is 14.0. The maximum atomic E-state index is 12.4. The lowest BCUT2D eigenvalue weighted by Crippen LogP contribution is -2.07. The molecule has 0 amide bonds. The van der Waals surface area contributed by atoms with Gasteiger partial charge >= 0.3 is 5.97 Å². The number of esters is 1. The van der Waals surface area contributed by atoms with E-state index in [1.54, 1.807) is 20.1 Å². The van der Waals surface area contributed by atoms with Gasteiger partial charge in [0.15, 0.2) is 0 Å². The fourth-order valence-electron chi connectivity index (χ4n) is 2.94. The van der Waals surface area contributed by atoms with Gasteiger partial charge in [-0.25, -0.2) is 4.79 Å². The van der Waals surface area contributed by atoms with E-state index < -0.39 is 0 Å². The van der Waals surface area contributed by atoms with Gasteiger partial charge in [0.2, 0.25) is 0 Å². The van der Waals surface area contributed by atoms with E-state index in [0.29, 0.717) is 17.9 Å². The number of carbonyl (C=O) groups excluding carboxylic acids is 1. The Bertz CT molecular complexity index is 925. The summed E-state index contributed by atoms with van der Waals surface area (Å²) in [6.45, 7) is 8.03. The number of benzene rings is 1. The molecule has 1 aromatic carbocycles. The van der Waals surface area contributed by atoms with Crippen LogP contribution in [0, 0.1) is 20.8 Å². The number of pyridine rings is 1. The number of nitrogens with zero attached hydrogens (tertiary/aromatic N) is 1. The van der Waals surface area contributed by atoms with Gasteiger partial charge in [0.25, 0.3) is 0 Å². The molecule has 0 aliphatic heterocycles. The van der Waals surface area contributed by atoms with Crippen molar-refractivity contribution >= 4 is 27.8 Å². The van der Waals surface area contributed by atoms with E-state index in [-0.39, 0.29) is 5.97 Å². The van der Waals surface area contributed by atoms with Crippen LogP contribution in [0.3, 0.4) is 0 Å². The number of H-pyrrole nitrogens is 1. The minimum absolute atomic E-state index is 0.331. The summed E-state index contributed by atoms with van der Waals surface area (Å²) < 4.78 is 10.8. The summed E-state index contributed by atoms with van der Waals surface area (Å²) in [6, 6.07) is 3.77. The van der Waals surface area contributed by atoms with E-state index >= 15 is 0 Å². The topological polar surface area (TPSA) is 64.2 Å². The molecular formula is C18H20N2O3. The van der Waals surface area contributed by atoms with E-state index in [1.165, 1.54) is 0 Å². The first-order chi connectivity index (χ1) is 11.0. The van der Waals surface area contributed by atoms with Crippen molar-refractivity contribution in [2.45, 2.75) is 27.7 Å². The molecule has 120 valence electrons. The SMILES string of the molecule is CCOC(=O)c1cc(C)[nH]c2c(OC)cc3c(C)c(C)nc3c12. The first-order valence-electron chi connectivity index (χ1n) is 7.62. The van der Waals surface area contributed by atoms with Crippen LogP contribution in [0.4, 0.5) is 0 Å². The molecule has 2 aromatic heterocycles. The molecule has 5 nitrogen and oxygen atoms in total. The average Bonchev–Trinajstić information content (AvgIpc) is 2.80. The molecule has 0 aliphatic rings. The predicted octanol–water partition coefficient (Wildman–Crippen LogP) is 3.83. The Morgan fingerprint density at radius 2 is 2.00 bits per heavy atom. The third-order valence-electron chi connectivity index (χ3n) is 4.16. The summed E-state index contributed by atoms with van der Waals surface area (Å²) in [5.74, 6) is 0.347. The number of aromatic amines is 1. The van der Waals surface area contributed by atoms with E-state index in [0.717, 1.165) is 38.8 Å². The summed E-state index contributed by atoms with van der Waals surface area (Å²) >= 11 is 0. The molecule has 23 heavy (non-hydrogen) atoms. The summed E-state index contributed by atoms with van der Waals surface area (Å²) in [6.07, 6.45) is 0. The lowest BCUT2D eigenvalue weighted by Gasteiger charge is -2.12. The predicted molar refractivity (Wildman–Crippen MR) is 90.3 cm³/mol. The van der Waals surface area contributed by atoms with Crippen LogP contribution >= 0.6 is 0 Å². The quantitative estimate of drug-likeness (QED) is 0.747. The van der Waals surface area contributed by atoms with Crippen LogP contribution in [0.15, 0.2) is 12.1 Å². The maximum absolute atomic E-state index is 12.4. The molecule has 0 radical (unpaired) electrons. The highest BCUT2D eigenvalue weighted by molar-refractivity contribution is 6.17. The fraction of sp³-hybridized carbons (Fsp3) is 0.333. The van der Waals surface area contributed by atoms with Crippen molar-refractivity contribution < 1.29 is 14.3 Å². The van der Waals surface area contributed by atoms with Gasteiger partial charge in [-0.1, -0.05) is 0 Å². The van der Waals surface area contributed by atoms with Gasteiger partial charge in [-0.05, 0) is 45.4 Å². The molecule has 3 rings (SSSR count). The average molecular weight is 312 g/mol. The smallest absolute Gasteiger partial charge is 0.338 e. The lowest BCUT2D eigenvalue weighted by atomic mass is 10.0. The Morgan fingerprint density at radius 3 is 2.65 bits per heavy atom. The first kappa shape index (κ1) is 15.3. The van der Waals surface area contributed by atoms with Crippen LogP contribution in [0.2, 0.25) is 0 Å². The van der Waals surface area contributed by atoms with E-state index in [9.17, 15) is 4.79 Å². The van der Waals surface area contributed by atoms with Crippen molar-refractivity contribution in [1.29, 1.82) is 0 Å². The number of ether oxygens (including phenoxy) is 2. The molecule has 0 spiro atoms. The highest BCUT2D eigenvalue weighted by Gasteiger charge is 2.21. The van der Waals surface area contributed by atoms with Gasteiger partial charge in [0.05, 0.1) is 30.3 Å². The monoisotopic (exact) mass is 312 g/mol. The van der Waals surface area contributed by atoms with Gasteiger partial charge in [-0.2, -0.15) is 0 Å². The molecule has 0 fully saturated rings. The number of hydrogen-bond acceptors (Lipinski definition) is 4. The number of nitrogens with one attached hydrogen (secondary N) is 1. The third kappa shape index (κ3) is 2.32. The minimum atomic E-state index is -0.345. The van der Waals surface area contributed by atoms with Crippen molar-refractivity contribution in [3.05, 3.63) is 34.6 Å². The summed E-state index contributed by atoms with van der Waals surface area (Å²) in [7, 11) is 1.62. The van der Waals surface area contributed by atoms with Crippen LogP contribution in [-0.4, -0.2) is 29.7 Å².